The fourth-order valence-corrected chi connectivity index (χ4v) is 2.86. The molecule has 2 aliphatic heterocycles. The number of nitrogens with one attached hydrogen (secondary N) is 1. The Hall–Kier alpha value is -1.92. The molecule has 0 saturated carbocycles. The lowest BCUT2D eigenvalue weighted by Crippen LogP contribution is -2.55. The van der Waals surface area contributed by atoms with Crippen LogP contribution in [0.4, 0.5) is 5.69 Å². The first-order valence-electron chi connectivity index (χ1n) is 7.01. The summed E-state index contributed by atoms with van der Waals surface area (Å²) in [5.41, 5.74) is 0.943. The van der Waals surface area contributed by atoms with E-state index >= 15 is 0 Å². The van der Waals surface area contributed by atoms with Gasteiger partial charge in [-0.3, -0.25) is 9.59 Å². The van der Waals surface area contributed by atoms with E-state index in [4.69, 9.17) is 0 Å². The van der Waals surface area contributed by atoms with Crippen LogP contribution in [0.25, 0.3) is 0 Å². The molecule has 3 rings (SSSR count). The molecule has 1 fully saturated rings. The van der Waals surface area contributed by atoms with Crippen LogP contribution in [0.2, 0.25) is 0 Å². The fourth-order valence-electron chi connectivity index (χ4n) is 2.86. The Bertz CT molecular complexity index is 632. The molecule has 0 aromatic heterocycles. The standard InChI is InChI=1S/C15H17N3O3.ClH/c1-9-8-18(7-6-16-9)14-12(15(20)21)13(19)10-4-2-3-5-11(10)17-14;/h2-5,9,12,16H,6-8H2,1H3,(H,20,21);1H. The summed E-state index contributed by atoms with van der Waals surface area (Å²) in [7, 11) is 0. The second kappa shape index (κ2) is 6.46. The molecule has 22 heavy (non-hydrogen) atoms. The predicted octanol–water partition coefficient (Wildman–Crippen LogP) is 1.33. The van der Waals surface area contributed by atoms with Crippen molar-refractivity contribution in [3.63, 3.8) is 0 Å². The molecular weight excluding hydrogens is 306 g/mol. The van der Waals surface area contributed by atoms with Gasteiger partial charge in [0.1, 0.15) is 5.84 Å². The van der Waals surface area contributed by atoms with Crippen molar-refractivity contribution >= 4 is 35.7 Å². The number of hydrogen-bond donors (Lipinski definition) is 2. The van der Waals surface area contributed by atoms with Gasteiger partial charge < -0.3 is 15.3 Å². The van der Waals surface area contributed by atoms with E-state index in [2.05, 4.69) is 10.3 Å². The molecule has 2 aliphatic rings. The lowest BCUT2D eigenvalue weighted by atomic mass is 9.91. The lowest BCUT2D eigenvalue weighted by molar-refractivity contribution is -0.138. The minimum atomic E-state index is -1.20. The maximum Gasteiger partial charge on any atom is 0.322 e. The van der Waals surface area contributed by atoms with Crippen molar-refractivity contribution in [1.82, 2.24) is 10.2 Å². The number of ketones is 1. The third-order valence-corrected chi connectivity index (χ3v) is 3.86. The topological polar surface area (TPSA) is 82.0 Å². The zero-order chi connectivity index (χ0) is 15.0. The number of amidine groups is 1. The summed E-state index contributed by atoms with van der Waals surface area (Å²) < 4.78 is 0. The quantitative estimate of drug-likeness (QED) is 0.762. The number of carbonyl (C=O) groups excluding carboxylic acids is 1. The Morgan fingerprint density at radius 2 is 2.14 bits per heavy atom. The Kier molecular flexibility index (Phi) is 4.83. The Labute approximate surface area is 134 Å². The summed E-state index contributed by atoms with van der Waals surface area (Å²) in [5, 5.41) is 12.8. The number of benzene rings is 1. The van der Waals surface area contributed by atoms with Crippen molar-refractivity contribution in [2.24, 2.45) is 10.9 Å². The second-order valence-corrected chi connectivity index (χ2v) is 5.42. The third-order valence-electron chi connectivity index (χ3n) is 3.86. The number of nitrogens with zero attached hydrogens (tertiary/aromatic N) is 2. The normalized spacial score (nSPS) is 24.1. The summed E-state index contributed by atoms with van der Waals surface area (Å²) >= 11 is 0. The van der Waals surface area contributed by atoms with Gasteiger partial charge in [-0.1, -0.05) is 12.1 Å². The first-order valence-corrected chi connectivity index (χ1v) is 7.01. The molecule has 2 N–H and O–H groups in total. The van der Waals surface area contributed by atoms with Crippen molar-refractivity contribution in [3.8, 4) is 0 Å². The van der Waals surface area contributed by atoms with E-state index in [-0.39, 0.29) is 24.2 Å². The lowest BCUT2D eigenvalue weighted by Gasteiger charge is -2.37. The van der Waals surface area contributed by atoms with Crippen molar-refractivity contribution in [1.29, 1.82) is 0 Å². The molecule has 118 valence electrons. The highest BCUT2D eigenvalue weighted by Gasteiger charge is 2.40. The highest BCUT2D eigenvalue weighted by molar-refractivity contribution is 6.26. The van der Waals surface area contributed by atoms with Crippen LogP contribution < -0.4 is 5.32 Å². The van der Waals surface area contributed by atoms with Gasteiger partial charge in [0.25, 0.3) is 0 Å². The molecule has 1 aromatic rings. The largest absolute Gasteiger partial charge is 0.480 e. The predicted molar refractivity (Wildman–Crippen MR) is 85.3 cm³/mol. The van der Waals surface area contributed by atoms with Gasteiger partial charge in [-0.2, -0.15) is 0 Å². The number of aliphatic imine (C=N–C) groups is 1. The molecule has 1 aromatic carbocycles. The Morgan fingerprint density at radius 1 is 1.41 bits per heavy atom. The molecule has 6 nitrogen and oxygen atoms in total. The van der Waals surface area contributed by atoms with E-state index in [0.717, 1.165) is 6.54 Å². The van der Waals surface area contributed by atoms with Crippen LogP contribution in [-0.4, -0.2) is 53.3 Å². The van der Waals surface area contributed by atoms with Gasteiger partial charge in [0.05, 0.1) is 5.69 Å². The van der Waals surface area contributed by atoms with E-state index < -0.39 is 11.9 Å². The highest BCUT2D eigenvalue weighted by atomic mass is 35.5. The number of halogens is 1. The van der Waals surface area contributed by atoms with E-state index in [0.29, 0.717) is 30.2 Å². The van der Waals surface area contributed by atoms with Crippen LogP contribution in [0.3, 0.4) is 0 Å². The van der Waals surface area contributed by atoms with Gasteiger partial charge in [-0.15, -0.1) is 12.4 Å². The summed E-state index contributed by atoms with van der Waals surface area (Å²) in [6, 6.07) is 7.14. The average Bonchev–Trinajstić information content (AvgIpc) is 2.46. The number of rotatable bonds is 1. The summed E-state index contributed by atoms with van der Waals surface area (Å²) in [6.45, 7) is 4.09. The molecule has 0 spiro atoms. The summed E-state index contributed by atoms with van der Waals surface area (Å²) in [6.07, 6.45) is 0. The maximum atomic E-state index is 12.5. The van der Waals surface area contributed by atoms with Crippen molar-refractivity contribution < 1.29 is 14.7 Å². The van der Waals surface area contributed by atoms with Gasteiger partial charge in [0, 0.05) is 31.2 Å². The molecule has 1 saturated heterocycles. The number of fused-ring (bicyclic) bond motifs is 1. The van der Waals surface area contributed by atoms with Gasteiger partial charge in [-0.25, -0.2) is 4.99 Å². The number of piperazine rings is 1. The molecule has 2 unspecified atom stereocenters. The number of hydrogen-bond acceptors (Lipinski definition) is 5. The van der Waals surface area contributed by atoms with Crippen molar-refractivity contribution in [2.45, 2.75) is 13.0 Å². The Morgan fingerprint density at radius 3 is 2.82 bits per heavy atom. The molecule has 2 heterocycles. The number of carboxylic acid groups (broad SMARTS) is 1. The van der Waals surface area contributed by atoms with Gasteiger partial charge in [0.2, 0.25) is 0 Å². The van der Waals surface area contributed by atoms with Crippen LogP contribution in [0.5, 0.6) is 0 Å². The van der Waals surface area contributed by atoms with Crippen molar-refractivity contribution in [2.75, 3.05) is 19.6 Å². The second-order valence-electron chi connectivity index (χ2n) is 5.42. The van der Waals surface area contributed by atoms with Crippen LogP contribution in [0.15, 0.2) is 29.3 Å². The van der Waals surface area contributed by atoms with Crippen LogP contribution >= 0.6 is 12.4 Å². The smallest absolute Gasteiger partial charge is 0.322 e. The van der Waals surface area contributed by atoms with Crippen molar-refractivity contribution in [3.05, 3.63) is 29.8 Å². The van der Waals surface area contributed by atoms with Gasteiger partial charge in [-0.05, 0) is 19.1 Å². The third kappa shape index (κ3) is 2.84. The number of carbonyl (C=O) groups is 2. The molecule has 0 aliphatic carbocycles. The molecule has 0 radical (unpaired) electrons. The minimum Gasteiger partial charge on any atom is -0.480 e. The van der Waals surface area contributed by atoms with E-state index in [9.17, 15) is 14.7 Å². The van der Waals surface area contributed by atoms with E-state index in [1.165, 1.54) is 0 Å². The SMILES string of the molecule is CC1CN(C2=Nc3ccccc3C(=O)C2C(=O)O)CCN1.Cl. The molecule has 0 amide bonds. The number of carboxylic acids is 1. The maximum absolute atomic E-state index is 12.5. The van der Waals surface area contributed by atoms with Gasteiger partial charge >= 0.3 is 5.97 Å². The van der Waals surface area contributed by atoms with Crippen LogP contribution in [0.1, 0.15) is 17.3 Å². The molecule has 0 bridgehead atoms. The Balaban J connectivity index is 0.00000176. The average molecular weight is 324 g/mol. The first-order chi connectivity index (χ1) is 10.1. The number of aliphatic carboxylic acids is 1. The molecular formula is C15H18ClN3O3. The molecule has 2 atom stereocenters. The fraction of sp³-hybridized carbons (Fsp3) is 0.400. The van der Waals surface area contributed by atoms with Crippen LogP contribution in [-0.2, 0) is 4.79 Å². The minimum absolute atomic E-state index is 0. The highest BCUT2D eigenvalue weighted by Crippen LogP contribution is 2.30. The zero-order valence-corrected chi connectivity index (χ0v) is 13.0. The number of para-hydroxylation sites is 1. The molecule has 7 heteroatoms. The zero-order valence-electron chi connectivity index (χ0n) is 12.2. The van der Waals surface area contributed by atoms with E-state index in [1.54, 1.807) is 24.3 Å². The monoisotopic (exact) mass is 323 g/mol. The van der Waals surface area contributed by atoms with Gasteiger partial charge in [0.15, 0.2) is 11.7 Å². The number of Topliss-reactive ketones (excluding diaryl/α,β-unsaturated/α-hetero) is 1. The summed E-state index contributed by atoms with van der Waals surface area (Å²) in [4.78, 5) is 30.4. The first kappa shape index (κ1) is 16.5. The van der Waals surface area contributed by atoms with E-state index in [1.807, 2.05) is 11.8 Å². The van der Waals surface area contributed by atoms with Crippen LogP contribution in [0, 0.1) is 5.92 Å². The summed E-state index contributed by atoms with van der Waals surface area (Å²) in [5.74, 6) is -2.36.